The molecule has 0 spiro atoms. The number of rotatable bonds is 6. The zero-order valence-corrected chi connectivity index (χ0v) is 14.7. The Bertz CT molecular complexity index is 924. The summed E-state index contributed by atoms with van der Waals surface area (Å²) < 4.78 is 14.3. The molecular formula is C19H20FN3O4. The predicted octanol–water partition coefficient (Wildman–Crippen LogP) is 0.506. The van der Waals surface area contributed by atoms with Gasteiger partial charge in [0.2, 0.25) is 0 Å². The van der Waals surface area contributed by atoms with Crippen LogP contribution in [0.5, 0.6) is 0 Å². The van der Waals surface area contributed by atoms with Crippen molar-refractivity contribution in [2.75, 3.05) is 13.7 Å². The first-order chi connectivity index (χ1) is 12.9. The Morgan fingerprint density at radius 2 is 1.96 bits per heavy atom. The van der Waals surface area contributed by atoms with Crippen molar-refractivity contribution in [3.8, 4) is 0 Å². The summed E-state index contributed by atoms with van der Waals surface area (Å²) in [5, 5.41) is 14.3. The third-order valence-electron chi connectivity index (χ3n) is 4.56. The normalized spacial score (nSPS) is 18.0. The molecule has 1 aromatic carbocycles. The van der Waals surface area contributed by atoms with Crippen molar-refractivity contribution in [3.05, 3.63) is 69.4 Å². The lowest BCUT2D eigenvalue weighted by molar-refractivity contribution is 0.0946. The molecule has 1 aliphatic rings. The third kappa shape index (κ3) is 4.22. The highest BCUT2D eigenvalue weighted by Gasteiger charge is 2.37. The summed E-state index contributed by atoms with van der Waals surface area (Å²) in [7, 11) is 1.40. The van der Waals surface area contributed by atoms with Gasteiger partial charge in [-0.25, -0.2) is 4.39 Å². The van der Waals surface area contributed by atoms with Gasteiger partial charge in [0, 0.05) is 31.8 Å². The molecule has 1 heterocycles. The molecule has 3 N–H and O–H groups in total. The molecule has 0 saturated heterocycles. The molecule has 2 atom stereocenters. The number of benzene rings is 1. The van der Waals surface area contributed by atoms with E-state index in [2.05, 4.69) is 10.6 Å². The Hall–Kier alpha value is -3.00. The van der Waals surface area contributed by atoms with Gasteiger partial charge in [-0.1, -0.05) is 12.1 Å². The number of aliphatic hydroxyl groups is 1. The molecule has 1 aromatic heterocycles. The van der Waals surface area contributed by atoms with Crippen molar-refractivity contribution in [3.63, 3.8) is 0 Å². The number of carbonyl (C=O) groups is 2. The largest absolute Gasteiger partial charge is 0.396 e. The van der Waals surface area contributed by atoms with Gasteiger partial charge >= 0.3 is 0 Å². The lowest BCUT2D eigenvalue weighted by atomic mass is 10.1. The van der Waals surface area contributed by atoms with Crippen LogP contribution in [-0.2, 0) is 6.54 Å². The fourth-order valence-corrected chi connectivity index (χ4v) is 2.84. The molecule has 1 aliphatic carbocycles. The minimum atomic E-state index is -0.595. The fraction of sp³-hybridized carbons (Fsp3) is 0.316. The quantitative estimate of drug-likeness (QED) is 0.687. The van der Waals surface area contributed by atoms with E-state index in [1.165, 1.54) is 48.1 Å². The van der Waals surface area contributed by atoms with E-state index in [-0.39, 0.29) is 36.2 Å². The Morgan fingerprint density at radius 1 is 1.26 bits per heavy atom. The second-order valence-corrected chi connectivity index (χ2v) is 6.54. The van der Waals surface area contributed by atoms with Crippen molar-refractivity contribution in [1.82, 2.24) is 15.2 Å². The van der Waals surface area contributed by atoms with Crippen LogP contribution in [0.25, 0.3) is 0 Å². The number of carbonyl (C=O) groups excluding carboxylic acids is 2. The van der Waals surface area contributed by atoms with Crippen molar-refractivity contribution >= 4 is 11.8 Å². The van der Waals surface area contributed by atoms with Gasteiger partial charge in [0.1, 0.15) is 11.4 Å². The van der Waals surface area contributed by atoms with Gasteiger partial charge in [-0.05, 0) is 30.2 Å². The monoisotopic (exact) mass is 373 g/mol. The van der Waals surface area contributed by atoms with Crippen molar-refractivity contribution in [2.24, 2.45) is 5.92 Å². The fourth-order valence-electron chi connectivity index (χ4n) is 2.84. The molecule has 7 nitrogen and oxygen atoms in total. The molecule has 1 fully saturated rings. The molecule has 2 unspecified atom stereocenters. The van der Waals surface area contributed by atoms with Crippen LogP contribution in [0.1, 0.15) is 32.7 Å². The molecule has 0 radical (unpaired) electrons. The van der Waals surface area contributed by atoms with Crippen LogP contribution in [0.3, 0.4) is 0 Å². The molecular weight excluding hydrogens is 353 g/mol. The number of aromatic nitrogens is 1. The topological polar surface area (TPSA) is 100 Å². The zero-order chi connectivity index (χ0) is 19.6. The Balaban J connectivity index is 1.93. The number of aliphatic hydroxyl groups excluding tert-OH is 1. The van der Waals surface area contributed by atoms with Crippen molar-refractivity contribution in [1.29, 1.82) is 0 Å². The van der Waals surface area contributed by atoms with Gasteiger partial charge in [-0.3, -0.25) is 14.4 Å². The Labute approximate surface area is 154 Å². The first kappa shape index (κ1) is 18.8. The summed E-state index contributed by atoms with van der Waals surface area (Å²) in [6.45, 7) is 0.0887. The molecule has 0 bridgehead atoms. The maximum Gasteiger partial charge on any atom is 0.263 e. The van der Waals surface area contributed by atoms with Crippen LogP contribution in [0.15, 0.2) is 41.3 Å². The molecule has 142 valence electrons. The lowest BCUT2D eigenvalue weighted by Gasteiger charge is -2.12. The van der Waals surface area contributed by atoms with Crippen molar-refractivity contribution < 1.29 is 19.1 Å². The van der Waals surface area contributed by atoms with Crippen LogP contribution in [0, 0.1) is 11.7 Å². The molecule has 0 aliphatic heterocycles. The maximum atomic E-state index is 13.1. The first-order valence-corrected chi connectivity index (χ1v) is 8.55. The molecule has 3 rings (SSSR count). The highest BCUT2D eigenvalue weighted by molar-refractivity contribution is 5.99. The van der Waals surface area contributed by atoms with Gasteiger partial charge in [-0.2, -0.15) is 0 Å². The maximum absolute atomic E-state index is 13.1. The highest BCUT2D eigenvalue weighted by atomic mass is 19.1. The number of amides is 2. The van der Waals surface area contributed by atoms with E-state index in [9.17, 15) is 18.8 Å². The number of halogens is 1. The number of nitrogens with one attached hydrogen (secondary N) is 2. The smallest absolute Gasteiger partial charge is 0.263 e. The van der Waals surface area contributed by atoms with E-state index in [1.807, 2.05) is 0 Å². The summed E-state index contributed by atoms with van der Waals surface area (Å²) in [5.41, 5.74) is 0.122. The van der Waals surface area contributed by atoms with Gasteiger partial charge in [0.25, 0.3) is 17.4 Å². The van der Waals surface area contributed by atoms with E-state index in [0.717, 1.165) is 0 Å². The van der Waals surface area contributed by atoms with Crippen LogP contribution < -0.4 is 16.2 Å². The average Bonchev–Trinajstić information content (AvgIpc) is 3.42. The summed E-state index contributed by atoms with van der Waals surface area (Å²) in [6.07, 6.45) is 2.07. The molecule has 1 saturated carbocycles. The number of hydrogen-bond acceptors (Lipinski definition) is 4. The van der Waals surface area contributed by atoms with Crippen LogP contribution in [0.2, 0.25) is 0 Å². The van der Waals surface area contributed by atoms with E-state index in [0.29, 0.717) is 12.0 Å². The molecule has 27 heavy (non-hydrogen) atoms. The second-order valence-electron chi connectivity index (χ2n) is 6.54. The van der Waals surface area contributed by atoms with E-state index >= 15 is 0 Å². The minimum absolute atomic E-state index is 0.00149. The van der Waals surface area contributed by atoms with Gasteiger partial charge in [0.05, 0.1) is 12.1 Å². The Kier molecular flexibility index (Phi) is 5.36. The predicted molar refractivity (Wildman–Crippen MR) is 96.0 cm³/mol. The summed E-state index contributed by atoms with van der Waals surface area (Å²) >= 11 is 0. The number of nitrogens with zero attached hydrogens (tertiary/aromatic N) is 1. The molecule has 8 heteroatoms. The average molecular weight is 373 g/mol. The van der Waals surface area contributed by atoms with E-state index < -0.39 is 23.2 Å². The van der Waals surface area contributed by atoms with Crippen LogP contribution >= 0.6 is 0 Å². The highest BCUT2D eigenvalue weighted by Crippen LogP contribution is 2.29. The summed E-state index contributed by atoms with van der Waals surface area (Å²) in [6, 6.07) is 6.77. The minimum Gasteiger partial charge on any atom is -0.396 e. The van der Waals surface area contributed by atoms with Crippen molar-refractivity contribution in [2.45, 2.75) is 19.0 Å². The summed E-state index contributed by atoms with van der Waals surface area (Å²) in [5.74, 6) is -1.37. The molecule has 2 aromatic rings. The lowest BCUT2D eigenvalue weighted by Crippen LogP contribution is -2.34. The zero-order valence-electron chi connectivity index (χ0n) is 14.7. The third-order valence-corrected chi connectivity index (χ3v) is 4.56. The number of pyridine rings is 1. The first-order valence-electron chi connectivity index (χ1n) is 8.55. The molecule has 2 amide bonds. The van der Waals surface area contributed by atoms with Gasteiger partial charge in [-0.15, -0.1) is 0 Å². The van der Waals surface area contributed by atoms with Crippen LogP contribution in [-0.4, -0.2) is 41.2 Å². The summed E-state index contributed by atoms with van der Waals surface area (Å²) in [4.78, 5) is 37.2. The van der Waals surface area contributed by atoms with E-state index in [4.69, 9.17) is 5.11 Å². The SMILES string of the molecule is CNC(=O)c1cc(C(=O)NC2CC2CO)cn(Cc2ccc(F)cc2)c1=O. The van der Waals surface area contributed by atoms with Gasteiger partial charge in [0.15, 0.2) is 0 Å². The van der Waals surface area contributed by atoms with Crippen LogP contribution in [0.4, 0.5) is 4.39 Å². The second kappa shape index (κ2) is 7.71. The number of hydrogen-bond donors (Lipinski definition) is 3. The van der Waals surface area contributed by atoms with E-state index in [1.54, 1.807) is 0 Å². The standard InChI is InChI=1S/C19H20FN3O4/c1-21-18(26)15-6-12(17(25)22-16-7-13(16)10-24)9-23(19(15)27)8-11-2-4-14(20)5-3-11/h2-6,9,13,16,24H,7-8,10H2,1H3,(H,21,26)(H,22,25). The van der Waals surface area contributed by atoms with Gasteiger partial charge < -0.3 is 20.3 Å². The Morgan fingerprint density at radius 3 is 2.56 bits per heavy atom.